The molecule has 0 radical (unpaired) electrons. The zero-order valence-electron chi connectivity index (χ0n) is 20.3. The molecule has 1 fully saturated rings. The third kappa shape index (κ3) is 4.52. The molecule has 1 saturated heterocycles. The summed E-state index contributed by atoms with van der Waals surface area (Å²) in [5.74, 6) is -0.962. The Bertz CT molecular complexity index is 1310. The van der Waals surface area contributed by atoms with Crippen molar-refractivity contribution in [1.29, 1.82) is 0 Å². The number of anilines is 1. The van der Waals surface area contributed by atoms with Crippen LogP contribution in [0.1, 0.15) is 55.0 Å². The summed E-state index contributed by atoms with van der Waals surface area (Å²) in [6, 6.07) is 18.0. The fourth-order valence-electron chi connectivity index (χ4n) is 4.40. The predicted molar refractivity (Wildman–Crippen MR) is 136 cm³/mol. The van der Waals surface area contributed by atoms with Gasteiger partial charge in [0.1, 0.15) is 17.3 Å². The van der Waals surface area contributed by atoms with Crippen LogP contribution in [0.2, 0.25) is 0 Å². The quantitative estimate of drug-likeness (QED) is 0.268. The van der Waals surface area contributed by atoms with Gasteiger partial charge in [-0.25, -0.2) is 0 Å². The van der Waals surface area contributed by atoms with E-state index >= 15 is 0 Å². The molecule has 0 saturated carbocycles. The Morgan fingerprint density at radius 3 is 2.37 bits per heavy atom. The molecular formula is C29H29NO5. The molecule has 0 bridgehead atoms. The Hall–Kier alpha value is -4.06. The molecule has 1 aliphatic heterocycles. The highest BCUT2D eigenvalue weighted by atomic mass is 16.5. The Balaban J connectivity index is 1.93. The number of carbonyl (C=O) groups is 2. The maximum absolute atomic E-state index is 13.3. The van der Waals surface area contributed by atoms with Gasteiger partial charge in [-0.2, -0.15) is 0 Å². The minimum absolute atomic E-state index is 0.000144. The number of benzene rings is 3. The number of hydrogen-bond donors (Lipinski definition) is 2. The van der Waals surface area contributed by atoms with Crippen LogP contribution < -0.4 is 9.64 Å². The molecular weight excluding hydrogens is 442 g/mol. The van der Waals surface area contributed by atoms with Crippen molar-refractivity contribution in [3.63, 3.8) is 0 Å². The minimum atomic E-state index is -0.904. The van der Waals surface area contributed by atoms with Gasteiger partial charge in [-0.1, -0.05) is 43.7 Å². The third-order valence-corrected chi connectivity index (χ3v) is 6.15. The number of nitrogens with zero attached hydrogens (tertiary/aromatic N) is 1. The number of rotatable bonds is 6. The highest BCUT2D eigenvalue weighted by molar-refractivity contribution is 6.51. The second-order valence-corrected chi connectivity index (χ2v) is 8.94. The highest BCUT2D eigenvalue weighted by Crippen LogP contribution is 2.43. The van der Waals surface area contributed by atoms with Crippen LogP contribution in [0.4, 0.5) is 5.69 Å². The standard InChI is InChI=1S/C29H29NO5/c1-5-35-24-14-11-20(16-23(24)17(2)3)27(32)25-26(19-7-6-8-22(31)15-19)30(29(34)28(25)33)21-12-9-18(4)10-13-21/h6-17,26,31-32H,5H2,1-4H3/b27-25-. The lowest BCUT2D eigenvalue weighted by Crippen LogP contribution is -2.29. The Labute approximate surface area is 205 Å². The molecule has 1 unspecified atom stereocenters. The second kappa shape index (κ2) is 9.66. The number of phenolic OH excluding ortho intramolecular Hbond substituents is 1. The normalized spacial score (nSPS) is 17.3. The van der Waals surface area contributed by atoms with Crippen LogP contribution in [0.3, 0.4) is 0 Å². The van der Waals surface area contributed by atoms with Crippen molar-refractivity contribution in [3.05, 3.63) is 94.6 Å². The van der Waals surface area contributed by atoms with Gasteiger partial charge in [-0.15, -0.1) is 0 Å². The van der Waals surface area contributed by atoms with Crippen molar-refractivity contribution in [2.75, 3.05) is 11.5 Å². The number of ketones is 1. The number of amides is 1. The summed E-state index contributed by atoms with van der Waals surface area (Å²) in [5.41, 5.74) is 3.33. The molecule has 0 spiro atoms. The Morgan fingerprint density at radius 1 is 1.03 bits per heavy atom. The molecule has 1 amide bonds. The minimum Gasteiger partial charge on any atom is -0.508 e. The molecule has 35 heavy (non-hydrogen) atoms. The number of carbonyl (C=O) groups excluding carboxylic acids is 2. The van der Waals surface area contributed by atoms with E-state index in [2.05, 4.69) is 0 Å². The predicted octanol–water partition coefficient (Wildman–Crippen LogP) is 5.85. The van der Waals surface area contributed by atoms with Gasteiger partial charge in [-0.3, -0.25) is 14.5 Å². The molecule has 0 aromatic heterocycles. The van der Waals surface area contributed by atoms with Gasteiger partial charge in [0.2, 0.25) is 0 Å². The van der Waals surface area contributed by atoms with E-state index in [4.69, 9.17) is 4.74 Å². The zero-order chi connectivity index (χ0) is 25.3. The first-order valence-electron chi connectivity index (χ1n) is 11.7. The summed E-state index contributed by atoms with van der Waals surface area (Å²) in [6.45, 7) is 8.38. The van der Waals surface area contributed by atoms with E-state index in [0.29, 0.717) is 29.2 Å². The van der Waals surface area contributed by atoms with E-state index in [1.165, 1.54) is 17.0 Å². The van der Waals surface area contributed by atoms with E-state index in [9.17, 15) is 19.8 Å². The van der Waals surface area contributed by atoms with Crippen LogP contribution in [-0.4, -0.2) is 28.5 Å². The summed E-state index contributed by atoms with van der Waals surface area (Å²) in [6.07, 6.45) is 0. The lowest BCUT2D eigenvalue weighted by atomic mass is 9.93. The fraction of sp³-hybridized carbons (Fsp3) is 0.241. The number of hydrogen-bond acceptors (Lipinski definition) is 5. The van der Waals surface area contributed by atoms with Gasteiger partial charge in [0.25, 0.3) is 11.7 Å². The van der Waals surface area contributed by atoms with Crippen molar-refractivity contribution >= 4 is 23.1 Å². The van der Waals surface area contributed by atoms with Crippen LogP contribution in [-0.2, 0) is 9.59 Å². The van der Waals surface area contributed by atoms with Crippen LogP contribution in [0, 0.1) is 6.92 Å². The zero-order valence-corrected chi connectivity index (χ0v) is 20.3. The summed E-state index contributed by atoms with van der Waals surface area (Å²) < 4.78 is 5.73. The van der Waals surface area contributed by atoms with Gasteiger partial charge in [0.15, 0.2) is 0 Å². The molecule has 1 heterocycles. The highest BCUT2D eigenvalue weighted by Gasteiger charge is 2.47. The number of aliphatic hydroxyl groups is 1. The van der Waals surface area contributed by atoms with Crippen molar-refractivity contribution in [3.8, 4) is 11.5 Å². The number of phenols is 1. The van der Waals surface area contributed by atoms with Crippen LogP contribution in [0.25, 0.3) is 5.76 Å². The molecule has 1 aliphatic rings. The maximum Gasteiger partial charge on any atom is 0.300 e. The third-order valence-electron chi connectivity index (χ3n) is 6.15. The smallest absolute Gasteiger partial charge is 0.300 e. The van der Waals surface area contributed by atoms with Crippen molar-refractivity contribution < 1.29 is 24.5 Å². The van der Waals surface area contributed by atoms with Crippen molar-refractivity contribution in [2.45, 2.75) is 39.7 Å². The van der Waals surface area contributed by atoms with E-state index in [-0.39, 0.29) is 23.0 Å². The number of Topliss-reactive ketones (excluding diaryl/α,β-unsaturated/α-hetero) is 1. The SMILES string of the molecule is CCOc1ccc(/C(O)=C2/C(=O)C(=O)N(c3ccc(C)cc3)C2c2cccc(O)c2)cc1C(C)C. The molecule has 180 valence electrons. The molecule has 3 aromatic rings. The number of aryl methyl sites for hydroxylation is 1. The van der Waals surface area contributed by atoms with Crippen LogP contribution in [0.5, 0.6) is 11.5 Å². The number of ether oxygens (including phenoxy) is 1. The Morgan fingerprint density at radius 2 is 1.74 bits per heavy atom. The number of aromatic hydroxyl groups is 1. The summed E-state index contributed by atoms with van der Waals surface area (Å²) in [5, 5.41) is 21.6. The average Bonchev–Trinajstić information content (AvgIpc) is 3.10. The van der Waals surface area contributed by atoms with E-state index < -0.39 is 17.7 Å². The van der Waals surface area contributed by atoms with Gasteiger partial charge < -0.3 is 14.9 Å². The first kappa shape index (κ1) is 24.1. The van der Waals surface area contributed by atoms with E-state index in [1.807, 2.05) is 39.8 Å². The largest absolute Gasteiger partial charge is 0.508 e. The molecule has 1 atom stereocenters. The van der Waals surface area contributed by atoms with Gasteiger partial charge in [0, 0.05) is 11.3 Å². The molecule has 2 N–H and O–H groups in total. The second-order valence-electron chi connectivity index (χ2n) is 8.94. The van der Waals surface area contributed by atoms with E-state index in [0.717, 1.165) is 11.1 Å². The van der Waals surface area contributed by atoms with Crippen molar-refractivity contribution in [2.24, 2.45) is 0 Å². The first-order valence-corrected chi connectivity index (χ1v) is 11.7. The molecule has 6 nitrogen and oxygen atoms in total. The molecule has 6 heteroatoms. The molecule has 0 aliphatic carbocycles. The van der Waals surface area contributed by atoms with Gasteiger partial charge in [-0.05, 0) is 73.4 Å². The first-order chi connectivity index (χ1) is 16.7. The van der Waals surface area contributed by atoms with Crippen LogP contribution >= 0.6 is 0 Å². The van der Waals surface area contributed by atoms with Crippen molar-refractivity contribution in [1.82, 2.24) is 0 Å². The summed E-state index contributed by atoms with van der Waals surface area (Å²) >= 11 is 0. The fourth-order valence-corrected chi connectivity index (χ4v) is 4.40. The summed E-state index contributed by atoms with van der Waals surface area (Å²) in [7, 11) is 0. The average molecular weight is 472 g/mol. The van der Waals surface area contributed by atoms with Gasteiger partial charge in [0.05, 0.1) is 18.2 Å². The maximum atomic E-state index is 13.3. The number of aliphatic hydroxyl groups excluding tert-OH is 1. The monoisotopic (exact) mass is 471 g/mol. The lowest BCUT2D eigenvalue weighted by molar-refractivity contribution is -0.132. The topological polar surface area (TPSA) is 87.1 Å². The van der Waals surface area contributed by atoms with E-state index in [1.54, 1.807) is 42.5 Å². The Kier molecular flexibility index (Phi) is 6.65. The van der Waals surface area contributed by atoms with Gasteiger partial charge >= 0.3 is 0 Å². The molecule has 3 aromatic carbocycles. The summed E-state index contributed by atoms with van der Waals surface area (Å²) in [4.78, 5) is 28.0. The molecule has 4 rings (SSSR count). The van der Waals surface area contributed by atoms with Crippen LogP contribution in [0.15, 0.2) is 72.3 Å². The lowest BCUT2D eigenvalue weighted by Gasteiger charge is -2.25.